The zero-order chi connectivity index (χ0) is 17.6. The van der Waals surface area contributed by atoms with Crippen LogP contribution in [0.2, 0.25) is 0 Å². The molecule has 0 fully saturated rings. The third kappa shape index (κ3) is 4.20. The molecule has 2 N–H and O–H groups in total. The molecule has 0 unspecified atom stereocenters. The second kappa shape index (κ2) is 8.17. The van der Waals surface area contributed by atoms with Gasteiger partial charge in [0.05, 0.1) is 6.04 Å². The number of fused-ring (bicyclic) bond motifs is 1. The summed E-state index contributed by atoms with van der Waals surface area (Å²) in [6.45, 7) is 1.86. The molecule has 0 spiro atoms. The molecular weight excluding hydrogens is 310 g/mol. The predicted molar refractivity (Wildman–Crippen MR) is 103 cm³/mol. The van der Waals surface area contributed by atoms with E-state index in [0.29, 0.717) is 12.3 Å². The maximum Gasteiger partial charge on any atom is 0.237 e. The molecule has 4 heteroatoms. The zero-order valence-corrected chi connectivity index (χ0v) is 15.0. The molecule has 2 aromatic rings. The standard InChI is InChI=1S/C21H27N3O/c1-22-21(25)19(14-16-8-4-3-5-9-16)23-15-17-12-13-24(2)20-11-7-6-10-18(17)20/h3-11,17,19,23H,12-15H2,1-2H3,(H,22,25)/t17-,19-/m0/s1. The van der Waals surface area contributed by atoms with Crippen molar-refractivity contribution in [1.82, 2.24) is 10.6 Å². The fourth-order valence-electron chi connectivity index (χ4n) is 3.58. The van der Waals surface area contributed by atoms with Crippen molar-refractivity contribution in [2.45, 2.75) is 24.8 Å². The molecule has 2 aromatic carbocycles. The summed E-state index contributed by atoms with van der Waals surface area (Å²) in [6.07, 6.45) is 1.81. The smallest absolute Gasteiger partial charge is 0.237 e. The van der Waals surface area contributed by atoms with Crippen LogP contribution in [0.1, 0.15) is 23.5 Å². The van der Waals surface area contributed by atoms with Crippen LogP contribution < -0.4 is 15.5 Å². The number of para-hydroxylation sites is 1. The van der Waals surface area contributed by atoms with E-state index in [4.69, 9.17) is 0 Å². The Morgan fingerprint density at radius 3 is 2.64 bits per heavy atom. The van der Waals surface area contributed by atoms with E-state index >= 15 is 0 Å². The number of nitrogens with one attached hydrogen (secondary N) is 2. The summed E-state index contributed by atoms with van der Waals surface area (Å²) < 4.78 is 0. The van der Waals surface area contributed by atoms with Gasteiger partial charge >= 0.3 is 0 Å². The van der Waals surface area contributed by atoms with Gasteiger partial charge < -0.3 is 15.5 Å². The molecule has 0 radical (unpaired) electrons. The lowest BCUT2D eigenvalue weighted by Crippen LogP contribution is -2.46. The SMILES string of the molecule is CNC(=O)[C@H](Cc1ccccc1)NC[C@@H]1CCN(C)c2ccccc21. The van der Waals surface area contributed by atoms with Crippen LogP contribution in [0.4, 0.5) is 5.69 Å². The molecular formula is C21H27N3O. The van der Waals surface area contributed by atoms with Gasteiger partial charge in [-0.2, -0.15) is 0 Å². The fourth-order valence-corrected chi connectivity index (χ4v) is 3.58. The second-order valence-corrected chi connectivity index (χ2v) is 6.73. The van der Waals surface area contributed by atoms with E-state index in [1.165, 1.54) is 16.8 Å². The van der Waals surface area contributed by atoms with Crippen LogP contribution in [0.5, 0.6) is 0 Å². The summed E-state index contributed by atoms with van der Waals surface area (Å²) in [4.78, 5) is 14.6. The molecule has 0 saturated carbocycles. The second-order valence-electron chi connectivity index (χ2n) is 6.73. The van der Waals surface area contributed by atoms with Crippen LogP contribution in [-0.4, -0.2) is 39.1 Å². The summed E-state index contributed by atoms with van der Waals surface area (Å²) in [6, 6.07) is 18.6. The normalized spacial score (nSPS) is 17.7. The van der Waals surface area contributed by atoms with E-state index in [1.54, 1.807) is 7.05 Å². The number of anilines is 1. The van der Waals surface area contributed by atoms with Gasteiger partial charge in [-0.3, -0.25) is 4.79 Å². The van der Waals surface area contributed by atoms with Crippen molar-refractivity contribution >= 4 is 11.6 Å². The molecule has 25 heavy (non-hydrogen) atoms. The lowest BCUT2D eigenvalue weighted by molar-refractivity contribution is -0.122. The number of carbonyl (C=O) groups excluding carboxylic acids is 1. The highest BCUT2D eigenvalue weighted by atomic mass is 16.2. The molecule has 1 amide bonds. The van der Waals surface area contributed by atoms with Crippen LogP contribution in [0.3, 0.4) is 0 Å². The Labute approximate surface area is 150 Å². The van der Waals surface area contributed by atoms with Crippen LogP contribution >= 0.6 is 0 Å². The lowest BCUT2D eigenvalue weighted by atomic mass is 9.89. The van der Waals surface area contributed by atoms with Crippen molar-refractivity contribution in [3.8, 4) is 0 Å². The first kappa shape index (κ1) is 17.5. The van der Waals surface area contributed by atoms with E-state index in [-0.39, 0.29) is 11.9 Å². The number of rotatable bonds is 6. The van der Waals surface area contributed by atoms with Gasteiger partial charge in [0.15, 0.2) is 0 Å². The van der Waals surface area contributed by atoms with Crippen LogP contribution in [0.15, 0.2) is 54.6 Å². The molecule has 0 saturated heterocycles. The Kier molecular flexibility index (Phi) is 5.71. The third-order valence-electron chi connectivity index (χ3n) is 5.06. The molecule has 132 valence electrons. The maximum absolute atomic E-state index is 12.3. The van der Waals surface area contributed by atoms with Gasteiger partial charge in [-0.05, 0) is 30.0 Å². The number of hydrogen-bond acceptors (Lipinski definition) is 3. The quantitative estimate of drug-likeness (QED) is 0.851. The van der Waals surface area contributed by atoms with Crippen molar-refractivity contribution in [2.24, 2.45) is 0 Å². The summed E-state index contributed by atoms with van der Waals surface area (Å²) in [5.41, 5.74) is 3.85. The summed E-state index contributed by atoms with van der Waals surface area (Å²) >= 11 is 0. The maximum atomic E-state index is 12.3. The van der Waals surface area contributed by atoms with Gasteiger partial charge in [-0.15, -0.1) is 0 Å². The van der Waals surface area contributed by atoms with Crippen LogP contribution in [0, 0.1) is 0 Å². The molecule has 4 nitrogen and oxygen atoms in total. The van der Waals surface area contributed by atoms with E-state index in [2.05, 4.69) is 59.0 Å². The zero-order valence-electron chi connectivity index (χ0n) is 15.0. The Bertz CT molecular complexity index is 701. The lowest BCUT2D eigenvalue weighted by Gasteiger charge is -2.34. The van der Waals surface area contributed by atoms with Gasteiger partial charge in [-0.1, -0.05) is 48.5 Å². The topological polar surface area (TPSA) is 44.4 Å². The van der Waals surface area contributed by atoms with Crippen LogP contribution in [-0.2, 0) is 11.2 Å². The summed E-state index contributed by atoms with van der Waals surface area (Å²) in [5, 5.41) is 6.30. The van der Waals surface area contributed by atoms with E-state index in [1.807, 2.05) is 18.2 Å². The number of nitrogens with zero attached hydrogens (tertiary/aromatic N) is 1. The first-order valence-corrected chi connectivity index (χ1v) is 8.98. The predicted octanol–water partition coefficient (Wildman–Crippen LogP) is 2.56. The van der Waals surface area contributed by atoms with Crippen molar-refractivity contribution in [3.05, 3.63) is 65.7 Å². The van der Waals surface area contributed by atoms with Gasteiger partial charge in [-0.25, -0.2) is 0 Å². The van der Waals surface area contributed by atoms with Crippen molar-refractivity contribution < 1.29 is 4.79 Å². The minimum atomic E-state index is -0.209. The number of carbonyl (C=O) groups is 1. The molecule has 1 heterocycles. The van der Waals surface area contributed by atoms with Gasteiger partial charge in [0, 0.05) is 38.8 Å². The minimum absolute atomic E-state index is 0.0464. The molecule has 0 aliphatic carbocycles. The van der Waals surface area contributed by atoms with Gasteiger partial charge in [0.1, 0.15) is 0 Å². The molecule has 2 atom stereocenters. The molecule has 0 bridgehead atoms. The highest BCUT2D eigenvalue weighted by molar-refractivity contribution is 5.81. The Hall–Kier alpha value is -2.33. The fraction of sp³-hybridized carbons (Fsp3) is 0.381. The van der Waals surface area contributed by atoms with Gasteiger partial charge in [0.25, 0.3) is 0 Å². The Balaban J connectivity index is 1.69. The third-order valence-corrected chi connectivity index (χ3v) is 5.06. The highest BCUT2D eigenvalue weighted by Gasteiger charge is 2.25. The van der Waals surface area contributed by atoms with Gasteiger partial charge in [0.2, 0.25) is 5.91 Å². The van der Waals surface area contributed by atoms with E-state index < -0.39 is 0 Å². The molecule has 3 rings (SSSR count). The highest BCUT2D eigenvalue weighted by Crippen LogP contribution is 2.33. The number of likely N-dealkylation sites (N-methyl/N-ethyl adjacent to an activating group) is 1. The van der Waals surface area contributed by atoms with E-state index in [0.717, 1.165) is 19.5 Å². The average Bonchev–Trinajstić information content (AvgIpc) is 2.67. The average molecular weight is 337 g/mol. The Morgan fingerprint density at radius 2 is 1.88 bits per heavy atom. The van der Waals surface area contributed by atoms with Crippen molar-refractivity contribution in [2.75, 3.05) is 32.1 Å². The Morgan fingerprint density at radius 1 is 1.16 bits per heavy atom. The van der Waals surface area contributed by atoms with E-state index in [9.17, 15) is 4.79 Å². The molecule has 1 aliphatic heterocycles. The first-order chi connectivity index (χ1) is 12.2. The number of benzene rings is 2. The van der Waals surface area contributed by atoms with Crippen LogP contribution in [0.25, 0.3) is 0 Å². The molecule has 0 aromatic heterocycles. The molecule has 1 aliphatic rings. The minimum Gasteiger partial charge on any atom is -0.374 e. The largest absolute Gasteiger partial charge is 0.374 e. The summed E-state index contributed by atoms with van der Waals surface area (Å²) in [7, 11) is 3.85. The monoisotopic (exact) mass is 337 g/mol. The van der Waals surface area contributed by atoms with Crippen molar-refractivity contribution in [3.63, 3.8) is 0 Å². The first-order valence-electron chi connectivity index (χ1n) is 8.98. The number of hydrogen-bond donors (Lipinski definition) is 2. The van der Waals surface area contributed by atoms with Crippen molar-refractivity contribution in [1.29, 1.82) is 0 Å². The summed E-state index contributed by atoms with van der Waals surface area (Å²) in [5.74, 6) is 0.486. The number of amides is 1.